The van der Waals surface area contributed by atoms with E-state index in [9.17, 15) is 0 Å². The molecule has 5 heteroatoms. The van der Waals surface area contributed by atoms with Crippen LogP contribution in [0.1, 0.15) is 11.3 Å². The van der Waals surface area contributed by atoms with E-state index in [1.165, 1.54) is 5.56 Å². The first-order valence-electron chi connectivity index (χ1n) is 7.16. The molecule has 3 heterocycles. The van der Waals surface area contributed by atoms with Gasteiger partial charge in [-0.2, -0.15) is 0 Å². The van der Waals surface area contributed by atoms with Crippen molar-refractivity contribution in [3.63, 3.8) is 0 Å². The van der Waals surface area contributed by atoms with E-state index in [2.05, 4.69) is 46.9 Å². The number of fused-ring (bicyclic) bond motifs is 1. The number of nitrogens with one attached hydrogen (secondary N) is 1. The monoisotopic (exact) mass is 274 g/mol. The molecule has 1 atom stereocenters. The Hall–Kier alpha value is -1.43. The lowest BCUT2D eigenvalue weighted by atomic mass is 10.3. The van der Waals surface area contributed by atoms with E-state index in [1.54, 1.807) is 0 Å². The maximum atomic E-state index is 5.73. The van der Waals surface area contributed by atoms with Crippen molar-refractivity contribution >= 4 is 5.65 Å². The molecule has 1 fully saturated rings. The van der Waals surface area contributed by atoms with Crippen LogP contribution in [-0.4, -0.2) is 53.7 Å². The molecule has 0 bridgehead atoms. The largest absolute Gasteiger partial charge is 0.374 e. The van der Waals surface area contributed by atoms with Crippen LogP contribution < -0.4 is 5.32 Å². The second-order valence-electron chi connectivity index (χ2n) is 5.55. The minimum absolute atomic E-state index is 0.285. The van der Waals surface area contributed by atoms with Crippen molar-refractivity contribution in [3.8, 4) is 0 Å². The highest BCUT2D eigenvalue weighted by Crippen LogP contribution is 2.11. The number of pyridine rings is 1. The fourth-order valence-electron chi connectivity index (χ4n) is 2.71. The number of hydrogen-bond donors (Lipinski definition) is 1. The van der Waals surface area contributed by atoms with Crippen LogP contribution in [0.15, 0.2) is 24.5 Å². The lowest BCUT2D eigenvalue weighted by Crippen LogP contribution is -2.44. The van der Waals surface area contributed by atoms with Gasteiger partial charge in [-0.25, -0.2) is 4.98 Å². The predicted octanol–water partition coefficient (Wildman–Crippen LogP) is 1.06. The van der Waals surface area contributed by atoms with E-state index in [0.29, 0.717) is 0 Å². The molecule has 1 aliphatic rings. The summed E-state index contributed by atoms with van der Waals surface area (Å²) in [5.74, 6) is 0. The Morgan fingerprint density at radius 3 is 3.20 bits per heavy atom. The molecule has 0 spiro atoms. The average molecular weight is 274 g/mol. The van der Waals surface area contributed by atoms with E-state index >= 15 is 0 Å². The Bertz CT molecular complexity index is 574. The number of nitrogens with zero attached hydrogens (tertiary/aromatic N) is 3. The second kappa shape index (κ2) is 5.91. The minimum Gasteiger partial charge on any atom is -0.374 e. The number of likely N-dealkylation sites (N-methyl/N-ethyl adjacent to an activating group) is 1. The molecule has 20 heavy (non-hydrogen) atoms. The summed E-state index contributed by atoms with van der Waals surface area (Å²) < 4.78 is 7.83. The smallest absolute Gasteiger partial charge is 0.139 e. The van der Waals surface area contributed by atoms with Crippen molar-refractivity contribution in [3.05, 3.63) is 35.8 Å². The molecule has 2 aromatic rings. The molecule has 0 aromatic carbocycles. The third-order valence-corrected chi connectivity index (χ3v) is 3.68. The average Bonchev–Trinajstić information content (AvgIpc) is 2.83. The third-order valence-electron chi connectivity index (χ3n) is 3.68. The van der Waals surface area contributed by atoms with Gasteiger partial charge in [0.2, 0.25) is 0 Å². The van der Waals surface area contributed by atoms with Crippen LogP contribution in [-0.2, 0) is 11.3 Å². The Labute approximate surface area is 119 Å². The summed E-state index contributed by atoms with van der Waals surface area (Å²) in [5.41, 5.74) is 3.36. The van der Waals surface area contributed by atoms with Gasteiger partial charge >= 0.3 is 0 Å². The topological polar surface area (TPSA) is 41.8 Å². The molecule has 108 valence electrons. The summed E-state index contributed by atoms with van der Waals surface area (Å²) in [7, 11) is 2.12. The summed E-state index contributed by atoms with van der Waals surface area (Å²) >= 11 is 0. The first-order valence-corrected chi connectivity index (χ1v) is 7.16. The van der Waals surface area contributed by atoms with Gasteiger partial charge in [0, 0.05) is 38.6 Å². The summed E-state index contributed by atoms with van der Waals surface area (Å²) in [4.78, 5) is 6.98. The molecule has 1 aliphatic heterocycles. The van der Waals surface area contributed by atoms with E-state index in [1.807, 2.05) is 6.20 Å². The highest BCUT2D eigenvalue weighted by molar-refractivity contribution is 5.47. The summed E-state index contributed by atoms with van der Waals surface area (Å²) in [6.45, 7) is 6.59. The quantitative estimate of drug-likeness (QED) is 0.905. The molecule has 0 radical (unpaired) electrons. The van der Waals surface area contributed by atoms with Crippen molar-refractivity contribution in [2.45, 2.75) is 19.6 Å². The normalized spacial score (nSPS) is 19.9. The van der Waals surface area contributed by atoms with Crippen molar-refractivity contribution in [1.29, 1.82) is 0 Å². The predicted molar refractivity (Wildman–Crippen MR) is 78.9 cm³/mol. The Kier molecular flexibility index (Phi) is 4.00. The van der Waals surface area contributed by atoms with Crippen LogP contribution in [0.5, 0.6) is 0 Å². The number of rotatable bonds is 4. The fourth-order valence-corrected chi connectivity index (χ4v) is 2.71. The van der Waals surface area contributed by atoms with Gasteiger partial charge in [0.05, 0.1) is 18.4 Å². The van der Waals surface area contributed by atoms with Gasteiger partial charge in [-0.15, -0.1) is 0 Å². The third kappa shape index (κ3) is 3.00. The molecule has 1 unspecified atom stereocenters. The SMILES string of the molecule is Cc1cccn2cc(CN(C)CC3CNCCO3)nc12. The zero-order valence-corrected chi connectivity index (χ0v) is 12.2. The van der Waals surface area contributed by atoms with Crippen molar-refractivity contribution in [2.24, 2.45) is 0 Å². The first kappa shape index (κ1) is 13.5. The van der Waals surface area contributed by atoms with Gasteiger partial charge in [0.15, 0.2) is 0 Å². The zero-order valence-electron chi connectivity index (χ0n) is 12.2. The molecule has 2 aromatic heterocycles. The molecule has 1 saturated heterocycles. The number of morpholine rings is 1. The zero-order chi connectivity index (χ0) is 13.9. The molecule has 0 amide bonds. The van der Waals surface area contributed by atoms with Gasteiger partial charge < -0.3 is 14.5 Å². The van der Waals surface area contributed by atoms with Crippen molar-refractivity contribution < 1.29 is 4.74 Å². The van der Waals surface area contributed by atoms with Crippen LogP contribution >= 0.6 is 0 Å². The summed E-state index contributed by atoms with van der Waals surface area (Å²) in [6.07, 6.45) is 4.44. The van der Waals surface area contributed by atoms with Gasteiger partial charge in [-0.05, 0) is 25.6 Å². The van der Waals surface area contributed by atoms with Crippen molar-refractivity contribution in [2.75, 3.05) is 33.3 Å². The molecule has 0 saturated carbocycles. The maximum absolute atomic E-state index is 5.73. The first-order chi connectivity index (χ1) is 9.72. The van der Waals surface area contributed by atoms with E-state index in [4.69, 9.17) is 9.72 Å². The molecule has 1 N–H and O–H groups in total. The minimum atomic E-state index is 0.285. The van der Waals surface area contributed by atoms with Crippen LogP contribution in [0.25, 0.3) is 5.65 Å². The van der Waals surface area contributed by atoms with Gasteiger partial charge in [0.1, 0.15) is 5.65 Å². The lowest BCUT2D eigenvalue weighted by molar-refractivity contribution is 0.00870. The van der Waals surface area contributed by atoms with Gasteiger partial charge in [-0.3, -0.25) is 4.90 Å². The van der Waals surface area contributed by atoms with Crippen LogP contribution in [0.2, 0.25) is 0 Å². The standard InChI is InChI=1S/C15H22N4O/c1-12-4-3-6-19-10-13(17-15(12)19)9-18(2)11-14-8-16-5-7-20-14/h3-4,6,10,14,16H,5,7-9,11H2,1-2H3. The molecule has 5 nitrogen and oxygen atoms in total. The molecule has 3 rings (SSSR count). The lowest BCUT2D eigenvalue weighted by Gasteiger charge is -2.27. The van der Waals surface area contributed by atoms with E-state index in [0.717, 1.165) is 44.1 Å². The Morgan fingerprint density at radius 1 is 1.55 bits per heavy atom. The molecular formula is C15H22N4O. The molecular weight excluding hydrogens is 252 g/mol. The van der Waals surface area contributed by atoms with Gasteiger partial charge in [0.25, 0.3) is 0 Å². The second-order valence-corrected chi connectivity index (χ2v) is 5.55. The number of aromatic nitrogens is 2. The number of hydrogen-bond acceptors (Lipinski definition) is 4. The Morgan fingerprint density at radius 2 is 2.45 bits per heavy atom. The Balaban J connectivity index is 1.64. The number of aryl methyl sites for hydroxylation is 1. The van der Waals surface area contributed by atoms with Crippen LogP contribution in [0.3, 0.4) is 0 Å². The highest BCUT2D eigenvalue weighted by Gasteiger charge is 2.16. The fraction of sp³-hybridized carbons (Fsp3) is 0.533. The molecule has 0 aliphatic carbocycles. The van der Waals surface area contributed by atoms with Gasteiger partial charge in [-0.1, -0.05) is 6.07 Å². The van der Waals surface area contributed by atoms with Crippen LogP contribution in [0.4, 0.5) is 0 Å². The number of imidazole rings is 1. The van der Waals surface area contributed by atoms with Crippen molar-refractivity contribution in [1.82, 2.24) is 19.6 Å². The van der Waals surface area contributed by atoms with E-state index < -0.39 is 0 Å². The van der Waals surface area contributed by atoms with Crippen LogP contribution in [0, 0.1) is 6.92 Å². The summed E-state index contributed by atoms with van der Waals surface area (Å²) in [5, 5.41) is 3.36. The number of ether oxygens (including phenoxy) is 1. The summed E-state index contributed by atoms with van der Waals surface area (Å²) in [6, 6.07) is 4.15. The maximum Gasteiger partial charge on any atom is 0.139 e. The highest BCUT2D eigenvalue weighted by atomic mass is 16.5. The van der Waals surface area contributed by atoms with E-state index in [-0.39, 0.29) is 6.10 Å².